The molecule has 0 amide bonds. The van der Waals surface area contributed by atoms with Gasteiger partial charge in [0, 0.05) is 17.8 Å². The maximum absolute atomic E-state index is 12.0. The van der Waals surface area contributed by atoms with Crippen molar-refractivity contribution < 1.29 is 18.6 Å². The number of anilines is 2. The largest absolute Gasteiger partial charge is 0.399 e. The minimum Gasteiger partial charge on any atom is -0.399 e. The summed E-state index contributed by atoms with van der Waals surface area (Å²) in [5.74, 6) is -0.400. The van der Waals surface area contributed by atoms with Gasteiger partial charge in [0.15, 0.2) is 9.84 Å². The summed E-state index contributed by atoms with van der Waals surface area (Å²) >= 11 is 0. The summed E-state index contributed by atoms with van der Waals surface area (Å²) in [6.07, 6.45) is -0.606. The van der Waals surface area contributed by atoms with E-state index in [2.05, 4.69) is 0 Å². The van der Waals surface area contributed by atoms with E-state index in [0.717, 1.165) is 0 Å². The van der Waals surface area contributed by atoms with Crippen LogP contribution in [0, 0.1) is 0 Å². The highest BCUT2D eigenvalue weighted by molar-refractivity contribution is 7.91. The second-order valence-corrected chi connectivity index (χ2v) is 6.26. The molecule has 0 heterocycles. The molecule has 0 aliphatic rings. The van der Waals surface area contributed by atoms with Crippen molar-refractivity contribution in [3.63, 3.8) is 0 Å². The van der Waals surface area contributed by atoms with E-state index < -0.39 is 28.3 Å². The summed E-state index contributed by atoms with van der Waals surface area (Å²) in [4.78, 5) is -0.0186. The van der Waals surface area contributed by atoms with Crippen molar-refractivity contribution in [3.8, 4) is 0 Å². The normalized spacial score (nSPS) is 13.5. The smallest absolute Gasteiger partial charge is 0.181 e. The molecule has 0 aromatic heterocycles. The highest BCUT2D eigenvalue weighted by Gasteiger charge is 2.21. The molecular formula is C11H18N2O4S. The number of nitrogen functional groups attached to an aromatic ring is 2. The van der Waals surface area contributed by atoms with Gasteiger partial charge in [-0.2, -0.15) is 0 Å². The van der Waals surface area contributed by atoms with Crippen molar-refractivity contribution in [3.05, 3.63) is 17.7 Å². The van der Waals surface area contributed by atoms with Crippen LogP contribution >= 0.6 is 0 Å². The summed E-state index contributed by atoms with van der Waals surface area (Å²) in [5, 5.41) is 18.2. The summed E-state index contributed by atoms with van der Waals surface area (Å²) < 4.78 is 24.0. The third-order valence-corrected chi connectivity index (χ3v) is 4.21. The third-order valence-electron chi connectivity index (χ3n) is 2.46. The van der Waals surface area contributed by atoms with Gasteiger partial charge in [-0.05, 0) is 24.6 Å². The van der Waals surface area contributed by atoms with E-state index in [1.807, 2.05) is 0 Å². The van der Waals surface area contributed by atoms with Crippen LogP contribution < -0.4 is 11.5 Å². The van der Waals surface area contributed by atoms with E-state index in [1.165, 1.54) is 19.1 Å². The van der Waals surface area contributed by atoms with E-state index in [-0.39, 0.29) is 22.7 Å². The molecule has 0 spiro atoms. The number of aliphatic hydroxyl groups is 2. The number of hydrogen-bond donors (Lipinski definition) is 4. The summed E-state index contributed by atoms with van der Waals surface area (Å²) in [5.41, 5.74) is 12.1. The van der Waals surface area contributed by atoms with Crippen molar-refractivity contribution in [1.82, 2.24) is 0 Å². The maximum Gasteiger partial charge on any atom is 0.181 e. The lowest BCUT2D eigenvalue weighted by Gasteiger charge is -2.15. The molecule has 0 fully saturated rings. The van der Waals surface area contributed by atoms with Crippen molar-refractivity contribution in [2.75, 3.05) is 23.8 Å². The number of nitrogens with two attached hydrogens (primary N) is 2. The first-order chi connectivity index (χ1) is 8.27. The molecule has 0 radical (unpaired) electrons. The zero-order valence-corrected chi connectivity index (χ0v) is 10.9. The monoisotopic (exact) mass is 274 g/mol. The van der Waals surface area contributed by atoms with Gasteiger partial charge in [-0.3, -0.25) is 0 Å². The van der Waals surface area contributed by atoms with Crippen LogP contribution in [0.5, 0.6) is 0 Å². The van der Waals surface area contributed by atoms with Crippen LogP contribution in [-0.2, 0) is 16.3 Å². The van der Waals surface area contributed by atoms with Crippen molar-refractivity contribution in [2.24, 2.45) is 0 Å². The fourth-order valence-electron chi connectivity index (χ4n) is 1.71. The molecule has 0 saturated heterocycles. The summed E-state index contributed by atoms with van der Waals surface area (Å²) in [7, 11) is -3.65. The molecule has 1 atom stereocenters. The zero-order valence-electron chi connectivity index (χ0n) is 10.1. The molecule has 1 aromatic carbocycles. The number of rotatable bonds is 5. The van der Waals surface area contributed by atoms with Crippen LogP contribution in [0.2, 0.25) is 0 Å². The molecule has 6 nitrogen and oxygen atoms in total. The SMILES string of the molecule is CC(O)Cc1c(N)cc(N)cc1S(=O)(=O)CCO. The minimum absolute atomic E-state index is 0.0186. The molecule has 18 heavy (non-hydrogen) atoms. The quantitative estimate of drug-likeness (QED) is 0.538. The molecule has 1 aromatic rings. The molecule has 1 rings (SSSR count). The van der Waals surface area contributed by atoms with Crippen LogP contribution in [0.25, 0.3) is 0 Å². The number of sulfone groups is 1. The lowest BCUT2D eigenvalue weighted by atomic mass is 10.1. The Balaban J connectivity index is 3.41. The van der Waals surface area contributed by atoms with E-state index in [1.54, 1.807) is 0 Å². The number of hydrogen-bond acceptors (Lipinski definition) is 6. The van der Waals surface area contributed by atoms with Gasteiger partial charge >= 0.3 is 0 Å². The van der Waals surface area contributed by atoms with Crippen LogP contribution in [0.1, 0.15) is 12.5 Å². The van der Waals surface area contributed by atoms with Crippen molar-refractivity contribution in [1.29, 1.82) is 0 Å². The fraction of sp³-hybridized carbons (Fsp3) is 0.455. The highest BCUT2D eigenvalue weighted by atomic mass is 32.2. The number of benzene rings is 1. The van der Waals surface area contributed by atoms with Gasteiger partial charge in [0.05, 0.1) is 23.4 Å². The van der Waals surface area contributed by atoms with Crippen LogP contribution in [-0.4, -0.2) is 37.1 Å². The zero-order chi connectivity index (χ0) is 13.9. The predicted molar refractivity (Wildman–Crippen MR) is 69.8 cm³/mol. The Bertz CT molecular complexity index is 526. The Morgan fingerprint density at radius 1 is 1.33 bits per heavy atom. The Morgan fingerprint density at radius 2 is 1.94 bits per heavy atom. The second-order valence-electron chi connectivity index (χ2n) is 4.18. The Morgan fingerprint density at radius 3 is 2.44 bits per heavy atom. The Labute approximate surface area is 106 Å². The van der Waals surface area contributed by atoms with Gasteiger partial charge in [-0.15, -0.1) is 0 Å². The van der Waals surface area contributed by atoms with Gasteiger partial charge in [0.2, 0.25) is 0 Å². The molecule has 0 saturated carbocycles. The number of aliphatic hydroxyl groups excluding tert-OH is 2. The summed E-state index contributed by atoms with van der Waals surface area (Å²) in [6, 6.07) is 2.76. The van der Waals surface area contributed by atoms with Crippen LogP contribution in [0.15, 0.2) is 17.0 Å². The molecule has 0 aliphatic heterocycles. The van der Waals surface area contributed by atoms with Crippen LogP contribution in [0.4, 0.5) is 11.4 Å². The predicted octanol–water partition coefficient (Wildman–Crippen LogP) is -0.460. The van der Waals surface area contributed by atoms with Gasteiger partial charge < -0.3 is 21.7 Å². The van der Waals surface area contributed by atoms with E-state index >= 15 is 0 Å². The van der Waals surface area contributed by atoms with Crippen molar-refractivity contribution >= 4 is 21.2 Å². The molecule has 1 unspecified atom stereocenters. The Hall–Kier alpha value is -1.31. The first-order valence-corrected chi connectivity index (χ1v) is 7.12. The minimum atomic E-state index is -3.65. The lowest BCUT2D eigenvalue weighted by molar-refractivity contribution is 0.195. The van der Waals surface area contributed by atoms with Gasteiger partial charge in [-0.1, -0.05) is 0 Å². The third kappa shape index (κ3) is 3.34. The molecule has 6 N–H and O–H groups in total. The van der Waals surface area contributed by atoms with Gasteiger partial charge in [0.25, 0.3) is 0 Å². The van der Waals surface area contributed by atoms with E-state index in [0.29, 0.717) is 5.56 Å². The highest BCUT2D eigenvalue weighted by Crippen LogP contribution is 2.27. The van der Waals surface area contributed by atoms with Crippen molar-refractivity contribution in [2.45, 2.75) is 24.3 Å². The van der Waals surface area contributed by atoms with E-state index in [4.69, 9.17) is 16.6 Å². The standard InChI is InChI=1S/C11H18N2O4S/c1-7(15)4-9-10(13)5-8(12)6-11(9)18(16,17)3-2-14/h5-7,14-15H,2-4,12-13H2,1H3. The van der Waals surface area contributed by atoms with Crippen LogP contribution in [0.3, 0.4) is 0 Å². The molecule has 0 aliphatic carbocycles. The van der Waals surface area contributed by atoms with Gasteiger partial charge in [0.1, 0.15) is 0 Å². The maximum atomic E-state index is 12.0. The van der Waals surface area contributed by atoms with E-state index in [9.17, 15) is 13.5 Å². The van der Waals surface area contributed by atoms with Gasteiger partial charge in [-0.25, -0.2) is 8.42 Å². The molecule has 102 valence electrons. The lowest BCUT2D eigenvalue weighted by Crippen LogP contribution is -2.17. The Kier molecular flexibility index (Phi) is 4.55. The topological polar surface area (TPSA) is 127 Å². The first-order valence-electron chi connectivity index (χ1n) is 5.47. The average molecular weight is 274 g/mol. The first kappa shape index (κ1) is 14.7. The molecule has 0 bridgehead atoms. The second kappa shape index (κ2) is 5.55. The average Bonchev–Trinajstić information content (AvgIpc) is 2.21. The summed E-state index contributed by atoms with van der Waals surface area (Å²) in [6.45, 7) is 1.06. The molecule has 7 heteroatoms. The fourth-order valence-corrected chi connectivity index (χ4v) is 3.06. The molecular weight excluding hydrogens is 256 g/mol.